The Labute approximate surface area is 58.6 Å². The largest absolute Gasteiger partial charge is 0.323 e. The predicted molar refractivity (Wildman–Crippen MR) is 34.3 cm³/mol. The van der Waals surface area contributed by atoms with E-state index in [1.807, 2.05) is 0 Å². The summed E-state index contributed by atoms with van der Waals surface area (Å²) in [5, 5.41) is -0.736. The molecule has 0 atom stereocenters. The number of amides is 2. The van der Waals surface area contributed by atoms with Crippen LogP contribution in [0.2, 0.25) is 0 Å². The van der Waals surface area contributed by atoms with Gasteiger partial charge in [0.1, 0.15) is 0 Å². The van der Waals surface area contributed by atoms with Crippen molar-refractivity contribution in [2.75, 3.05) is 0 Å². The smallest absolute Gasteiger partial charge is 0.278 e. The third-order valence-electron chi connectivity index (χ3n) is 0.873. The van der Waals surface area contributed by atoms with Gasteiger partial charge in [-0.2, -0.15) is 0 Å². The Morgan fingerprint density at radius 3 is 2.11 bits per heavy atom. The summed E-state index contributed by atoms with van der Waals surface area (Å²) in [6, 6.07) is -0.160. The average Bonchev–Trinajstić information content (AvgIpc) is 1.64. The molecule has 0 fully saturated rings. The van der Waals surface area contributed by atoms with Gasteiger partial charge in [-0.1, -0.05) is 0 Å². The summed E-state index contributed by atoms with van der Waals surface area (Å²) in [6.07, 6.45) is 0.417. The van der Waals surface area contributed by atoms with E-state index in [9.17, 15) is 9.59 Å². The Balaban J connectivity index is 3.98. The molecule has 0 N–H and O–H groups in total. The van der Waals surface area contributed by atoms with Gasteiger partial charge in [0.05, 0.1) is 0 Å². The van der Waals surface area contributed by atoms with E-state index < -0.39 is 5.37 Å². The first-order chi connectivity index (χ1) is 4.09. The van der Waals surface area contributed by atoms with Crippen molar-refractivity contribution in [2.45, 2.75) is 19.9 Å². The second kappa shape index (κ2) is 3.45. The molecule has 0 unspecified atom stereocenters. The number of hydrogen-bond acceptors (Lipinski definition) is 2. The predicted octanol–water partition coefficient (Wildman–Crippen LogP) is 1.21. The van der Waals surface area contributed by atoms with Gasteiger partial charge >= 0.3 is 5.37 Å². The van der Waals surface area contributed by atoms with Crippen LogP contribution in [0.5, 0.6) is 0 Å². The van der Waals surface area contributed by atoms with Crippen molar-refractivity contribution in [3.8, 4) is 0 Å². The van der Waals surface area contributed by atoms with Crippen LogP contribution in [0.15, 0.2) is 0 Å². The zero-order chi connectivity index (χ0) is 7.44. The molecule has 0 saturated heterocycles. The fourth-order valence-electron chi connectivity index (χ4n) is 0.366. The van der Waals surface area contributed by atoms with E-state index >= 15 is 0 Å². The molecule has 3 nitrogen and oxygen atoms in total. The van der Waals surface area contributed by atoms with Gasteiger partial charge in [0.15, 0.2) is 0 Å². The van der Waals surface area contributed by atoms with Crippen LogP contribution in [-0.2, 0) is 4.79 Å². The number of imide groups is 1. The summed E-state index contributed by atoms with van der Waals surface area (Å²) in [7, 11) is 0. The summed E-state index contributed by atoms with van der Waals surface area (Å²) in [5.41, 5.74) is 0. The monoisotopic (exact) mass is 149 g/mol. The molecule has 0 aliphatic carbocycles. The summed E-state index contributed by atoms with van der Waals surface area (Å²) in [4.78, 5) is 21.2. The minimum Gasteiger partial charge on any atom is -0.278 e. The third-order valence-corrected chi connectivity index (χ3v) is 1.07. The van der Waals surface area contributed by atoms with Crippen LogP contribution in [0.25, 0.3) is 0 Å². The van der Waals surface area contributed by atoms with Gasteiger partial charge in [-0.15, -0.1) is 0 Å². The van der Waals surface area contributed by atoms with Crippen molar-refractivity contribution in [1.29, 1.82) is 0 Å². The maximum absolute atomic E-state index is 10.3. The molecule has 4 heteroatoms. The van der Waals surface area contributed by atoms with Crippen molar-refractivity contribution >= 4 is 23.4 Å². The van der Waals surface area contributed by atoms with Crippen LogP contribution in [-0.4, -0.2) is 22.7 Å². The minimum absolute atomic E-state index is 0.160. The molecule has 0 aromatic heterocycles. The minimum atomic E-state index is -0.736. The molecule has 0 saturated carbocycles. The van der Waals surface area contributed by atoms with Crippen molar-refractivity contribution in [3.05, 3.63) is 0 Å². The standard InChI is InChI=1S/C5H8ClNO2/c1-4(2)7(3-8)5(6)9/h3-4H,1-2H3. The summed E-state index contributed by atoms with van der Waals surface area (Å²) >= 11 is 4.99. The molecule has 0 rings (SSSR count). The Kier molecular flexibility index (Phi) is 3.24. The first kappa shape index (κ1) is 8.43. The lowest BCUT2D eigenvalue weighted by atomic mass is 10.4. The molecular formula is C5H8ClNO2. The highest BCUT2D eigenvalue weighted by Crippen LogP contribution is 1.98. The number of rotatable bonds is 2. The lowest BCUT2D eigenvalue weighted by molar-refractivity contribution is -0.116. The number of nitrogens with zero attached hydrogens (tertiary/aromatic N) is 1. The highest BCUT2D eigenvalue weighted by atomic mass is 35.5. The van der Waals surface area contributed by atoms with Gasteiger partial charge in [0.25, 0.3) is 0 Å². The molecule has 52 valence electrons. The van der Waals surface area contributed by atoms with Crippen LogP contribution in [0.1, 0.15) is 13.8 Å². The number of halogens is 1. The fraction of sp³-hybridized carbons (Fsp3) is 0.600. The Morgan fingerprint density at radius 2 is 2.11 bits per heavy atom. The number of carbonyl (C=O) groups is 2. The molecule has 0 bridgehead atoms. The van der Waals surface area contributed by atoms with E-state index in [0.717, 1.165) is 4.90 Å². The number of hydrogen-bond donors (Lipinski definition) is 0. The highest BCUT2D eigenvalue weighted by Gasteiger charge is 2.11. The van der Waals surface area contributed by atoms with Crippen LogP contribution < -0.4 is 0 Å². The molecule has 0 aromatic carbocycles. The first-order valence-corrected chi connectivity index (χ1v) is 2.90. The quantitative estimate of drug-likeness (QED) is 0.336. The highest BCUT2D eigenvalue weighted by molar-refractivity contribution is 6.63. The molecule has 2 amide bonds. The van der Waals surface area contributed by atoms with Crippen molar-refractivity contribution < 1.29 is 9.59 Å². The van der Waals surface area contributed by atoms with E-state index in [1.165, 1.54) is 0 Å². The van der Waals surface area contributed by atoms with Gasteiger partial charge in [-0.05, 0) is 25.4 Å². The van der Waals surface area contributed by atoms with E-state index in [1.54, 1.807) is 13.8 Å². The molecular weight excluding hydrogens is 142 g/mol. The van der Waals surface area contributed by atoms with Gasteiger partial charge in [-0.3, -0.25) is 14.5 Å². The molecule has 9 heavy (non-hydrogen) atoms. The van der Waals surface area contributed by atoms with E-state index in [-0.39, 0.29) is 6.04 Å². The van der Waals surface area contributed by atoms with Crippen molar-refractivity contribution in [2.24, 2.45) is 0 Å². The van der Waals surface area contributed by atoms with E-state index in [0.29, 0.717) is 6.41 Å². The Morgan fingerprint density at radius 1 is 1.67 bits per heavy atom. The lowest BCUT2D eigenvalue weighted by Crippen LogP contribution is -2.31. The molecule has 0 aliphatic heterocycles. The molecule has 0 aromatic rings. The zero-order valence-corrected chi connectivity index (χ0v) is 6.05. The number of carbonyl (C=O) groups excluding carboxylic acids is 2. The second-order valence-electron chi connectivity index (χ2n) is 1.86. The fourth-order valence-corrected chi connectivity index (χ4v) is 0.601. The third kappa shape index (κ3) is 2.46. The Bertz CT molecular complexity index is 124. The van der Waals surface area contributed by atoms with Crippen LogP contribution in [0, 0.1) is 0 Å². The van der Waals surface area contributed by atoms with E-state index in [2.05, 4.69) is 0 Å². The zero-order valence-electron chi connectivity index (χ0n) is 5.30. The summed E-state index contributed by atoms with van der Waals surface area (Å²) in [6.45, 7) is 3.41. The lowest BCUT2D eigenvalue weighted by Gasteiger charge is -2.14. The summed E-state index contributed by atoms with van der Waals surface area (Å²) < 4.78 is 0. The topological polar surface area (TPSA) is 37.4 Å². The Hall–Kier alpha value is -0.570. The second-order valence-corrected chi connectivity index (χ2v) is 2.18. The molecule has 0 heterocycles. The molecule has 0 radical (unpaired) electrons. The molecule has 0 spiro atoms. The SMILES string of the molecule is CC(C)N(C=O)C(=O)Cl. The van der Waals surface area contributed by atoms with Gasteiger partial charge in [0.2, 0.25) is 6.41 Å². The molecule has 0 aliphatic rings. The van der Waals surface area contributed by atoms with Gasteiger partial charge < -0.3 is 0 Å². The van der Waals surface area contributed by atoms with E-state index in [4.69, 9.17) is 11.6 Å². The van der Waals surface area contributed by atoms with Crippen LogP contribution in [0.3, 0.4) is 0 Å². The van der Waals surface area contributed by atoms with Crippen LogP contribution >= 0.6 is 11.6 Å². The maximum atomic E-state index is 10.3. The first-order valence-electron chi connectivity index (χ1n) is 2.52. The van der Waals surface area contributed by atoms with Gasteiger partial charge in [0, 0.05) is 6.04 Å². The van der Waals surface area contributed by atoms with Gasteiger partial charge in [-0.25, -0.2) is 0 Å². The van der Waals surface area contributed by atoms with Crippen molar-refractivity contribution in [3.63, 3.8) is 0 Å². The van der Waals surface area contributed by atoms with Crippen LogP contribution in [0.4, 0.5) is 4.79 Å². The average molecular weight is 150 g/mol. The normalized spacial score (nSPS) is 9.33. The summed E-state index contributed by atoms with van der Waals surface area (Å²) in [5.74, 6) is 0. The van der Waals surface area contributed by atoms with Crippen molar-refractivity contribution in [1.82, 2.24) is 4.90 Å². The maximum Gasteiger partial charge on any atom is 0.323 e.